The van der Waals surface area contributed by atoms with Gasteiger partial charge in [-0.2, -0.15) is 0 Å². The largest absolute Gasteiger partial charge is 0.484 e. The van der Waals surface area contributed by atoms with Crippen LogP contribution in [0.2, 0.25) is 5.02 Å². The van der Waals surface area contributed by atoms with E-state index < -0.39 is 23.9 Å². The fraction of sp³-hybridized carbons (Fsp3) is 0.333. The molecule has 1 fully saturated rings. The molecule has 2 aromatic carbocycles. The number of aliphatic carboxylic acids is 2. The Morgan fingerprint density at radius 1 is 0.980 bits per heavy atom. The summed E-state index contributed by atoms with van der Waals surface area (Å²) in [6, 6.07) is 13.6. The molecule has 0 spiro atoms. The molecule has 3 heterocycles. The second-order valence-electron chi connectivity index (χ2n) is 11.8. The summed E-state index contributed by atoms with van der Waals surface area (Å²) >= 11 is 7.40. The van der Waals surface area contributed by atoms with Crippen LogP contribution in [0.3, 0.4) is 0 Å². The Labute approximate surface area is 303 Å². The second kappa shape index (κ2) is 17.7. The van der Waals surface area contributed by atoms with Crippen molar-refractivity contribution in [3.8, 4) is 5.75 Å². The SMILES string of the molecule is CCN1CCN(C(=O)COc2ccc(/C=c3\sc4n(c3=O)C(c3ccc(Cl)cc3)C(C(=O)OC(C)C)=C(C)N=4)cc2)CC1.O=C(O)/C=C\C(=O)O. The van der Waals surface area contributed by atoms with E-state index in [1.54, 1.807) is 67.8 Å². The van der Waals surface area contributed by atoms with Crippen LogP contribution in [-0.4, -0.2) is 93.8 Å². The van der Waals surface area contributed by atoms with E-state index in [-0.39, 0.29) is 24.2 Å². The van der Waals surface area contributed by atoms with Crippen molar-refractivity contribution >= 4 is 52.8 Å². The van der Waals surface area contributed by atoms with Crippen molar-refractivity contribution in [1.82, 2.24) is 14.4 Å². The first kappa shape index (κ1) is 38.7. The predicted octanol–water partition coefficient (Wildman–Crippen LogP) is 3.09. The van der Waals surface area contributed by atoms with Gasteiger partial charge < -0.3 is 29.5 Å². The van der Waals surface area contributed by atoms with Crippen molar-refractivity contribution in [2.45, 2.75) is 39.8 Å². The van der Waals surface area contributed by atoms with Gasteiger partial charge in [-0.15, -0.1) is 0 Å². The van der Waals surface area contributed by atoms with Crippen LogP contribution in [0, 0.1) is 0 Å². The van der Waals surface area contributed by atoms with Crippen molar-refractivity contribution < 1.29 is 38.9 Å². The number of thiazole rings is 1. The maximum Gasteiger partial charge on any atom is 0.338 e. The minimum atomic E-state index is -1.26. The zero-order valence-electron chi connectivity index (χ0n) is 28.6. The molecule has 1 amide bonds. The number of allylic oxidation sites excluding steroid dienone is 1. The van der Waals surface area contributed by atoms with E-state index in [9.17, 15) is 24.0 Å². The van der Waals surface area contributed by atoms with E-state index in [0.29, 0.717) is 56.6 Å². The first-order valence-corrected chi connectivity index (χ1v) is 17.3. The van der Waals surface area contributed by atoms with Gasteiger partial charge in [0.05, 0.1) is 27.9 Å². The van der Waals surface area contributed by atoms with E-state index in [4.69, 9.17) is 31.3 Å². The highest BCUT2D eigenvalue weighted by molar-refractivity contribution is 7.07. The number of rotatable bonds is 10. The van der Waals surface area contributed by atoms with Crippen molar-refractivity contribution in [2.24, 2.45) is 4.99 Å². The lowest BCUT2D eigenvalue weighted by Gasteiger charge is -2.33. The Bertz CT molecular complexity index is 1980. The van der Waals surface area contributed by atoms with Crippen LogP contribution in [0.1, 0.15) is 44.9 Å². The Morgan fingerprint density at radius 3 is 2.14 bits per heavy atom. The van der Waals surface area contributed by atoms with Crippen LogP contribution >= 0.6 is 22.9 Å². The summed E-state index contributed by atoms with van der Waals surface area (Å²) in [6.45, 7) is 11.6. The molecule has 1 atom stereocenters. The smallest absolute Gasteiger partial charge is 0.338 e. The van der Waals surface area contributed by atoms with Gasteiger partial charge in [0.1, 0.15) is 5.75 Å². The zero-order valence-corrected chi connectivity index (χ0v) is 30.1. The summed E-state index contributed by atoms with van der Waals surface area (Å²) in [4.78, 5) is 68.0. The number of carboxylic acid groups (broad SMARTS) is 2. The summed E-state index contributed by atoms with van der Waals surface area (Å²) in [5.74, 6) is -2.48. The Morgan fingerprint density at radius 2 is 1.59 bits per heavy atom. The van der Waals surface area contributed by atoms with E-state index in [1.807, 2.05) is 17.0 Å². The molecule has 0 saturated carbocycles. The minimum absolute atomic E-state index is 0.0182. The molecule has 13 nitrogen and oxygen atoms in total. The van der Waals surface area contributed by atoms with E-state index >= 15 is 0 Å². The monoisotopic (exact) mass is 738 g/mol. The number of carbonyl (C=O) groups is 4. The molecule has 0 aliphatic carbocycles. The van der Waals surface area contributed by atoms with Crippen LogP contribution < -0.4 is 19.6 Å². The summed E-state index contributed by atoms with van der Waals surface area (Å²) in [5.41, 5.74) is 2.07. The number of piperazine rings is 1. The number of carbonyl (C=O) groups excluding carboxylic acids is 2. The summed E-state index contributed by atoms with van der Waals surface area (Å²) in [5, 5.41) is 16.2. The highest BCUT2D eigenvalue weighted by Crippen LogP contribution is 2.31. The third kappa shape index (κ3) is 10.5. The molecule has 2 aliphatic rings. The van der Waals surface area contributed by atoms with Crippen molar-refractivity contribution in [1.29, 1.82) is 0 Å². The van der Waals surface area contributed by atoms with E-state index in [0.717, 1.165) is 30.8 Å². The lowest BCUT2D eigenvalue weighted by atomic mass is 9.96. The molecule has 0 bridgehead atoms. The average Bonchev–Trinajstić information content (AvgIpc) is 3.40. The molecular formula is C36H39ClN4O9S. The third-order valence-corrected chi connectivity index (χ3v) is 9.09. The van der Waals surface area contributed by atoms with Crippen LogP contribution in [0.4, 0.5) is 0 Å². The number of ether oxygens (including phenoxy) is 2. The summed E-state index contributed by atoms with van der Waals surface area (Å²) < 4.78 is 13.3. The molecule has 2 aliphatic heterocycles. The molecular weight excluding hydrogens is 700 g/mol. The Hall–Kier alpha value is -5.05. The first-order chi connectivity index (χ1) is 24.3. The molecule has 1 aromatic heterocycles. The molecule has 1 unspecified atom stereocenters. The molecule has 3 aromatic rings. The van der Waals surface area contributed by atoms with Crippen molar-refractivity contribution in [2.75, 3.05) is 39.3 Å². The normalized spacial score (nSPS) is 16.3. The number of hydrogen-bond acceptors (Lipinski definition) is 10. The number of likely N-dealkylation sites (N-methyl/N-ethyl adjacent to an activating group) is 1. The summed E-state index contributed by atoms with van der Waals surface area (Å²) in [6.07, 6.45) is 2.57. The highest BCUT2D eigenvalue weighted by Gasteiger charge is 2.33. The topological polar surface area (TPSA) is 168 Å². The molecule has 0 radical (unpaired) electrons. The lowest BCUT2D eigenvalue weighted by Crippen LogP contribution is -2.49. The van der Waals surface area contributed by atoms with Crippen LogP contribution in [-0.2, 0) is 23.9 Å². The quantitative estimate of drug-likeness (QED) is 0.233. The van der Waals surface area contributed by atoms with E-state index in [2.05, 4.69) is 16.8 Å². The van der Waals surface area contributed by atoms with Gasteiger partial charge in [0.25, 0.3) is 11.5 Å². The molecule has 1 saturated heterocycles. The molecule has 5 rings (SSSR count). The van der Waals surface area contributed by atoms with Gasteiger partial charge in [-0.25, -0.2) is 19.4 Å². The maximum absolute atomic E-state index is 13.8. The van der Waals surface area contributed by atoms with Gasteiger partial charge >= 0.3 is 17.9 Å². The van der Waals surface area contributed by atoms with Gasteiger partial charge in [-0.05, 0) is 68.8 Å². The van der Waals surface area contributed by atoms with Crippen LogP contribution in [0.25, 0.3) is 6.08 Å². The maximum atomic E-state index is 13.8. The zero-order chi connectivity index (χ0) is 37.2. The predicted molar refractivity (Wildman–Crippen MR) is 191 cm³/mol. The fourth-order valence-corrected chi connectivity index (χ4v) is 6.50. The summed E-state index contributed by atoms with van der Waals surface area (Å²) in [7, 11) is 0. The molecule has 15 heteroatoms. The molecule has 270 valence electrons. The number of amides is 1. The number of nitrogens with zero attached hydrogens (tertiary/aromatic N) is 4. The number of aromatic nitrogens is 1. The third-order valence-electron chi connectivity index (χ3n) is 7.85. The van der Waals surface area contributed by atoms with Gasteiger partial charge in [-0.3, -0.25) is 14.2 Å². The minimum Gasteiger partial charge on any atom is -0.484 e. The fourth-order valence-electron chi connectivity index (χ4n) is 5.32. The number of carboxylic acids is 2. The molecule has 51 heavy (non-hydrogen) atoms. The van der Waals surface area contributed by atoms with Gasteiger partial charge in [0, 0.05) is 43.4 Å². The lowest BCUT2D eigenvalue weighted by molar-refractivity contribution is -0.143. The van der Waals surface area contributed by atoms with Crippen LogP contribution in [0.15, 0.2) is 81.7 Å². The van der Waals surface area contributed by atoms with Gasteiger partial charge in [0.15, 0.2) is 11.4 Å². The number of benzene rings is 2. The van der Waals surface area contributed by atoms with Gasteiger partial charge in [-0.1, -0.05) is 54.1 Å². The Kier molecular flexibility index (Phi) is 13.5. The van der Waals surface area contributed by atoms with Crippen molar-refractivity contribution in [3.05, 3.63) is 108 Å². The first-order valence-electron chi connectivity index (χ1n) is 16.1. The molecule has 2 N–H and O–H groups in total. The standard InChI is InChI=1S/C32H35ClN4O5S.C4H4O4/c1-5-35-14-16-36(17-15-35)27(38)19-41-25-12-6-22(7-13-25)18-26-30(39)37-29(23-8-10-24(33)11-9-23)28(31(40)42-20(2)3)21(4)34-32(37)43-26;5-3(6)1-2-4(7)8/h6-13,18,20,29H,5,14-17,19H2,1-4H3;1-2H,(H,5,6)(H,7,8)/b26-18-;2-1-. The average molecular weight is 739 g/mol. The highest BCUT2D eigenvalue weighted by atomic mass is 35.5. The second-order valence-corrected chi connectivity index (χ2v) is 13.2. The number of esters is 1. The van der Waals surface area contributed by atoms with E-state index in [1.165, 1.54) is 11.3 Å². The van der Waals surface area contributed by atoms with Gasteiger partial charge in [0.2, 0.25) is 0 Å². The van der Waals surface area contributed by atoms with Crippen LogP contribution in [0.5, 0.6) is 5.75 Å². The number of halogens is 1. The Balaban J connectivity index is 0.000000652. The van der Waals surface area contributed by atoms with Crippen molar-refractivity contribution in [3.63, 3.8) is 0 Å². The number of hydrogen-bond donors (Lipinski definition) is 2. The number of fused-ring (bicyclic) bond motifs is 1.